The van der Waals surface area contributed by atoms with Gasteiger partial charge in [-0.15, -0.1) is 0 Å². The molecule has 1 heterocycles. The lowest BCUT2D eigenvalue weighted by atomic mass is 10.1. The van der Waals surface area contributed by atoms with Gasteiger partial charge in [-0.1, -0.05) is 0 Å². The highest BCUT2D eigenvalue weighted by Gasteiger charge is 1.99. The third kappa shape index (κ3) is 1.71. The number of nitrogens with zero attached hydrogens (tertiary/aromatic N) is 2. The fourth-order valence-corrected chi connectivity index (χ4v) is 1.20. The van der Waals surface area contributed by atoms with Gasteiger partial charge in [-0.05, 0) is 22.9 Å². The standard InChI is InChI=1S/C6H6BBrN2O/c1-2-10-3-4(8)9-5(7)6(10)11/h3H,2H2,1H3. The average Bonchev–Trinajstić information content (AvgIpc) is 1.96. The van der Waals surface area contributed by atoms with Gasteiger partial charge < -0.3 is 4.57 Å². The lowest BCUT2D eigenvalue weighted by Crippen LogP contribution is -2.36. The van der Waals surface area contributed by atoms with Gasteiger partial charge in [0.05, 0.1) is 5.59 Å². The summed E-state index contributed by atoms with van der Waals surface area (Å²) in [4.78, 5) is 14.8. The van der Waals surface area contributed by atoms with Crippen molar-refractivity contribution in [3.05, 3.63) is 21.2 Å². The van der Waals surface area contributed by atoms with Gasteiger partial charge >= 0.3 is 0 Å². The molecule has 0 spiro atoms. The molecule has 56 valence electrons. The van der Waals surface area contributed by atoms with E-state index >= 15 is 0 Å². The molecule has 1 aromatic heterocycles. The van der Waals surface area contributed by atoms with Crippen LogP contribution in [0.3, 0.4) is 0 Å². The van der Waals surface area contributed by atoms with Crippen LogP contribution in [0.15, 0.2) is 15.6 Å². The molecular weight excluding hydrogens is 207 g/mol. The van der Waals surface area contributed by atoms with Gasteiger partial charge in [0.2, 0.25) is 0 Å². The first-order valence-corrected chi connectivity index (χ1v) is 3.97. The molecular formula is C6H6BBrN2O. The van der Waals surface area contributed by atoms with Gasteiger partial charge in [0.15, 0.2) is 0 Å². The first-order valence-electron chi connectivity index (χ1n) is 3.17. The molecule has 0 aliphatic rings. The van der Waals surface area contributed by atoms with E-state index in [2.05, 4.69) is 20.9 Å². The average molecular weight is 213 g/mol. The fourth-order valence-electron chi connectivity index (χ4n) is 0.761. The van der Waals surface area contributed by atoms with Crippen molar-refractivity contribution < 1.29 is 0 Å². The Morgan fingerprint density at radius 1 is 1.82 bits per heavy atom. The Labute approximate surface area is 74.0 Å². The molecule has 11 heavy (non-hydrogen) atoms. The third-order valence-corrected chi connectivity index (χ3v) is 1.69. The summed E-state index contributed by atoms with van der Waals surface area (Å²) in [5, 5.41) is 0. The van der Waals surface area contributed by atoms with E-state index in [-0.39, 0.29) is 11.2 Å². The molecule has 1 aromatic rings. The fraction of sp³-hybridized carbons (Fsp3) is 0.333. The second-order valence-corrected chi connectivity index (χ2v) is 2.85. The Morgan fingerprint density at radius 3 is 3.00 bits per heavy atom. The lowest BCUT2D eigenvalue weighted by molar-refractivity contribution is 0.720. The first kappa shape index (κ1) is 8.52. The monoisotopic (exact) mass is 212 g/mol. The van der Waals surface area contributed by atoms with Crippen molar-refractivity contribution in [1.82, 2.24) is 9.55 Å². The molecule has 0 saturated heterocycles. The van der Waals surface area contributed by atoms with Crippen LogP contribution in [0.4, 0.5) is 0 Å². The van der Waals surface area contributed by atoms with Crippen molar-refractivity contribution in [2.24, 2.45) is 0 Å². The van der Waals surface area contributed by atoms with Gasteiger partial charge in [0.25, 0.3) is 5.56 Å². The topological polar surface area (TPSA) is 34.9 Å². The van der Waals surface area contributed by atoms with Gasteiger partial charge in [0, 0.05) is 12.7 Å². The molecule has 0 saturated carbocycles. The molecule has 0 fully saturated rings. The van der Waals surface area contributed by atoms with E-state index < -0.39 is 0 Å². The predicted octanol–water partition coefficient (Wildman–Crippen LogP) is -0.181. The van der Waals surface area contributed by atoms with E-state index in [9.17, 15) is 4.79 Å². The van der Waals surface area contributed by atoms with E-state index in [0.717, 1.165) is 0 Å². The van der Waals surface area contributed by atoms with E-state index in [1.54, 1.807) is 6.20 Å². The molecule has 0 bridgehead atoms. The van der Waals surface area contributed by atoms with Gasteiger partial charge in [0.1, 0.15) is 12.4 Å². The summed E-state index contributed by atoms with van der Waals surface area (Å²) in [6, 6.07) is 0. The zero-order chi connectivity index (χ0) is 8.43. The quantitative estimate of drug-likeness (QED) is 0.606. The molecule has 3 nitrogen and oxygen atoms in total. The molecule has 0 atom stereocenters. The number of halogens is 1. The minimum absolute atomic E-state index is 0.0289. The van der Waals surface area contributed by atoms with Crippen molar-refractivity contribution >= 4 is 29.4 Å². The first-order chi connectivity index (χ1) is 5.15. The summed E-state index contributed by atoms with van der Waals surface area (Å²) >= 11 is 3.14. The Balaban J connectivity index is 3.37. The van der Waals surface area contributed by atoms with Crippen molar-refractivity contribution in [3.63, 3.8) is 0 Å². The highest BCUT2D eigenvalue weighted by molar-refractivity contribution is 9.10. The SMILES string of the molecule is [B]c1nc(Br)cn(CC)c1=O. The van der Waals surface area contributed by atoms with E-state index in [1.165, 1.54) is 4.57 Å². The van der Waals surface area contributed by atoms with Crippen molar-refractivity contribution in [3.8, 4) is 0 Å². The zero-order valence-corrected chi connectivity index (χ0v) is 7.63. The molecule has 2 radical (unpaired) electrons. The number of hydrogen-bond acceptors (Lipinski definition) is 2. The van der Waals surface area contributed by atoms with Crippen LogP contribution in [0.1, 0.15) is 6.92 Å². The van der Waals surface area contributed by atoms with Crippen LogP contribution in [0.5, 0.6) is 0 Å². The smallest absolute Gasteiger partial charge is 0.261 e. The minimum Gasteiger partial charge on any atom is -0.312 e. The maximum absolute atomic E-state index is 11.1. The third-order valence-electron chi connectivity index (χ3n) is 1.31. The summed E-state index contributed by atoms with van der Waals surface area (Å²) in [5.74, 6) is 0. The summed E-state index contributed by atoms with van der Waals surface area (Å²) < 4.78 is 2.07. The molecule has 1 rings (SSSR count). The molecule has 0 aliphatic heterocycles. The van der Waals surface area contributed by atoms with E-state index in [4.69, 9.17) is 7.85 Å². The van der Waals surface area contributed by atoms with Crippen LogP contribution in [0.25, 0.3) is 0 Å². The molecule has 5 heteroatoms. The minimum atomic E-state index is -0.240. The van der Waals surface area contributed by atoms with Crippen molar-refractivity contribution in [2.75, 3.05) is 0 Å². The summed E-state index contributed by atoms with van der Waals surface area (Å²) in [5.41, 5.74) is -0.211. The zero-order valence-electron chi connectivity index (χ0n) is 6.04. The van der Waals surface area contributed by atoms with Crippen LogP contribution < -0.4 is 11.2 Å². The van der Waals surface area contributed by atoms with Crippen LogP contribution in [-0.2, 0) is 6.54 Å². The van der Waals surface area contributed by atoms with E-state index in [1.807, 2.05) is 6.92 Å². The molecule has 0 aliphatic carbocycles. The molecule has 0 unspecified atom stereocenters. The van der Waals surface area contributed by atoms with Crippen LogP contribution in [-0.4, -0.2) is 17.4 Å². The number of aromatic nitrogens is 2. The van der Waals surface area contributed by atoms with Gasteiger partial charge in [-0.3, -0.25) is 9.78 Å². The molecule has 0 amide bonds. The van der Waals surface area contributed by atoms with Crippen LogP contribution in [0.2, 0.25) is 0 Å². The lowest BCUT2D eigenvalue weighted by Gasteiger charge is -2.02. The maximum Gasteiger partial charge on any atom is 0.261 e. The molecule has 0 aromatic carbocycles. The summed E-state index contributed by atoms with van der Waals surface area (Å²) in [7, 11) is 5.32. The normalized spacial score (nSPS) is 10.0. The number of aryl methyl sites for hydroxylation is 1. The second kappa shape index (κ2) is 3.22. The highest BCUT2D eigenvalue weighted by Crippen LogP contribution is 1.98. The second-order valence-electron chi connectivity index (χ2n) is 2.04. The Kier molecular flexibility index (Phi) is 2.49. The van der Waals surface area contributed by atoms with E-state index in [0.29, 0.717) is 11.1 Å². The number of hydrogen-bond donors (Lipinski definition) is 0. The predicted molar refractivity (Wildman–Crippen MR) is 47.3 cm³/mol. The largest absolute Gasteiger partial charge is 0.312 e. The molecule has 0 N–H and O–H groups in total. The van der Waals surface area contributed by atoms with Gasteiger partial charge in [-0.25, -0.2) is 0 Å². The summed E-state index contributed by atoms with van der Waals surface area (Å²) in [6.45, 7) is 2.47. The Hall–Kier alpha value is -0.575. The summed E-state index contributed by atoms with van der Waals surface area (Å²) in [6.07, 6.45) is 1.61. The van der Waals surface area contributed by atoms with Crippen LogP contribution in [0, 0.1) is 0 Å². The van der Waals surface area contributed by atoms with Crippen molar-refractivity contribution in [2.45, 2.75) is 13.5 Å². The maximum atomic E-state index is 11.1. The highest BCUT2D eigenvalue weighted by atomic mass is 79.9. The van der Waals surface area contributed by atoms with Gasteiger partial charge in [-0.2, -0.15) is 0 Å². The van der Waals surface area contributed by atoms with Crippen LogP contribution >= 0.6 is 15.9 Å². The van der Waals surface area contributed by atoms with Crippen molar-refractivity contribution in [1.29, 1.82) is 0 Å². The Bertz CT molecular complexity index is 323. The Morgan fingerprint density at radius 2 is 2.45 bits per heavy atom. The number of rotatable bonds is 1.